The summed E-state index contributed by atoms with van der Waals surface area (Å²) in [7, 11) is -0.379. The number of aliphatic hydroxyl groups excluding tert-OH is 1. The monoisotopic (exact) mass is 277 g/mol. The number of aliphatic hydroxyl groups is 1. The van der Waals surface area contributed by atoms with Gasteiger partial charge in [-0.15, -0.1) is 0 Å². The maximum Gasteiger partial charge on any atom is 0.495 e. The highest BCUT2D eigenvalue weighted by molar-refractivity contribution is 6.62. The van der Waals surface area contributed by atoms with E-state index in [2.05, 4.69) is 4.98 Å². The van der Waals surface area contributed by atoms with Crippen LogP contribution in [0, 0.1) is 6.92 Å². The summed E-state index contributed by atoms with van der Waals surface area (Å²) in [5.41, 5.74) is 2.19. The van der Waals surface area contributed by atoms with E-state index < -0.39 is 6.10 Å². The number of nitrogens with zero attached hydrogens (tertiary/aromatic N) is 1. The molecule has 0 spiro atoms. The summed E-state index contributed by atoms with van der Waals surface area (Å²) in [5.74, 6) is 0. The van der Waals surface area contributed by atoms with Crippen LogP contribution in [0.4, 0.5) is 0 Å². The van der Waals surface area contributed by atoms with E-state index in [9.17, 15) is 5.11 Å². The highest BCUT2D eigenvalue weighted by Gasteiger charge is 2.52. The zero-order valence-corrected chi connectivity index (χ0v) is 13.2. The molecule has 1 fully saturated rings. The normalized spacial score (nSPS) is 22.1. The van der Waals surface area contributed by atoms with Gasteiger partial charge >= 0.3 is 7.12 Å². The van der Waals surface area contributed by atoms with Crippen molar-refractivity contribution in [3.63, 3.8) is 0 Å². The molecule has 1 aliphatic rings. The fourth-order valence-corrected chi connectivity index (χ4v) is 2.22. The van der Waals surface area contributed by atoms with Crippen LogP contribution in [0.3, 0.4) is 0 Å². The van der Waals surface area contributed by atoms with Gasteiger partial charge in [0, 0.05) is 18.3 Å². The van der Waals surface area contributed by atoms with Crippen molar-refractivity contribution in [3.8, 4) is 0 Å². The zero-order chi connectivity index (χ0) is 15.1. The highest BCUT2D eigenvalue weighted by atomic mass is 16.7. The average Bonchev–Trinajstić information content (AvgIpc) is 2.50. The molecule has 1 aromatic heterocycles. The molecular formula is C15H24BNO3. The molecule has 0 aromatic carbocycles. The third-order valence-corrected chi connectivity index (χ3v) is 4.21. The van der Waals surface area contributed by atoms with Crippen molar-refractivity contribution in [1.82, 2.24) is 4.98 Å². The summed E-state index contributed by atoms with van der Waals surface area (Å²) in [6.45, 7) is 11.9. The van der Waals surface area contributed by atoms with Crippen LogP contribution in [0.15, 0.2) is 12.3 Å². The van der Waals surface area contributed by atoms with E-state index in [0.29, 0.717) is 6.42 Å². The van der Waals surface area contributed by atoms with Gasteiger partial charge in [0.2, 0.25) is 0 Å². The van der Waals surface area contributed by atoms with Gasteiger partial charge in [0.1, 0.15) is 0 Å². The fraction of sp³-hybridized carbons (Fsp3) is 0.667. The fourth-order valence-electron chi connectivity index (χ4n) is 2.22. The average molecular weight is 277 g/mol. The number of pyridine rings is 1. The van der Waals surface area contributed by atoms with Gasteiger partial charge in [-0.25, -0.2) is 0 Å². The Morgan fingerprint density at radius 2 is 1.80 bits per heavy atom. The molecule has 1 saturated heterocycles. The molecular weight excluding hydrogens is 253 g/mol. The quantitative estimate of drug-likeness (QED) is 0.853. The van der Waals surface area contributed by atoms with Gasteiger partial charge in [0.25, 0.3) is 0 Å². The topological polar surface area (TPSA) is 51.6 Å². The minimum absolute atomic E-state index is 0.349. The maximum absolute atomic E-state index is 9.50. The van der Waals surface area contributed by atoms with Crippen molar-refractivity contribution in [2.24, 2.45) is 0 Å². The predicted octanol–water partition coefficient (Wildman–Crippen LogP) is 1.61. The van der Waals surface area contributed by atoms with Crippen LogP contribution in [0.1, 0.15) is 45.9 Å². The van der Waals surface area contributed by atoms with Crippen molar-refractivity contribution in [2.45, 2.75) is 65.3 Å². The third-order valence-electron chi connectivity index (χ3n) is 4.21. The standard InChI is InChI=1S/C15H24BNO3/c1-10-9-17-12(7-11(2)18)8-13(10)16-19-14(3,4)15(5,6)20-16/h8-9,11,18H,7H2,1-6H3. The van der Waals surface area contributed by atoms with Crippen LogP contribution in [0.5, 0.6) is 0 Å². The van der Waals surface area contributed by atoms with Crippen LogP contribution < -0.4 is 5.46 Å². The van der Waals surface area contributed by atoms with Crippen LogP contribution in [0.25, 0.3) is 0 Å². The second-order valence-electron chi connectivity index (χ2n) is 6.67. The molecule has 1 N–H and O–H groups in total. The molecule has 0 amide bonds. The van der Waals surface area contributed by atoms with Crippen molar-refractivity contribution in [3.05, 3.63) is 23.5 Å². The Morgan fingerprint density at radius 1 is 1.25 bits per heavy atom. The van der Waals surface area contributed by atoms with E-state index in [1.165, 1.54) is 0 Å². The van der Waals surface area contributed by atoms with Crippen LogP contribution >= 0.6 is 0 Å². The summed E-state index contributed by atoms with van der Waals surface area (Å²) in [4.78, 5) is 4.35. The molecule has 5 heteroatoms. The molecule has 0 aliphatic carbocycles. The predicted molar refractivity (Wildman–Crippen MR) is 80.1 cm³/mol. The molecule has 2 rings (SSSR count). The van der Waals surface area contributed by atoms with E-state index in [0.717, 1.165) is 16.7 Å². The van der Waals surface area contributed by atoms with Crippen molar-refractivity contribution < 1.29 is 14.4 Å². The van der Waals surface area contributed by atoms with Crippen molar-refractivity contribution >= 4 is 12.6 Å². The minimum Gasteiger partial charge on any atom is -0.399 e. The van der Waals surface area contributed by atoms with Crippen LogP contribution in [-0.4, -0.2) is 34.5 Å². The number of rotatable bonds is 3. The van der Waals surface area contributed by atoms with E-state index in [4.69, 9.17) is 9.31 Å². The first kappa shape index (κ1) is 15.5. The van der Waals surface area contributed by atoms with E-state index in [1.807, 2.05) is 46.9 Å². The molecule has 2 heterocycles. The summed E-state index contributed by atoms with van der Waals surface area (Å²) in [6.07, 6.45) is 1.95. The maximum atomic E-state index is 9.50. The number of aryl methyl sites for hydroxylation is 1. The lowest BCUT2D eigenvalue weighted by molar-refractivity contribution is 0.00578. The molecule has 4 nitrogen and oxygen atoms in total. The van der Waals surface area contributed by atoms with E-state index in [-0.39, 0.29) is 18.3 Å². The Balaban J connectivity index is 2.30. The number of hydrogen-bond donors (Lipinski definition) is 1. The second kappa shape index (κ2) is 5.13. The minimum atomic E-state index is -0.406. The van der Waals surface area contributed by atoms with Gasteiger partial charge in [0.05, 0.1) is 17.3 Å². The molecule has 0 bridgehead atoms. The summed E-state index contributed by atoms with van der Waals surface area (Å²) >= 11 is 0. The van der Waals surface area contributed by atoms with Gasteiger partial charge < -0.3 is 14.4 Å². The van der Waals surface area contributed by atoms with Gasteiger partial charge in [0.15, 0.2) is 0 Å². The summed E-state index contributed by atoms with van der Waals surface area (Å²) in [5, 5.41) is 9.50. The molecule has 1 unspecified atom stereocenters. The molecule has 0 radical (unpaired) electrons. The molecule has 110 valence electrons. The number of hydrogen-bond acceptors (Lipinski definition) is 4. The number of aromatic nitrogens is 1. The first-order valence-corrected chi connectivity index (χ1v) is 7.11. The van der Waals surface area contributed by atoms with Crippen molar-refractivity contribution in [2.75, 3.05) is 0 Å². The highest BCUT2D eigenvalue weighted by Crippen LogP contribution is 2.36. The lowest BCUT2D eigenvalue weighted by Crippen LogP contribution is -2.41. The first-order chi connectivity index (χ1) is 9.12. The lowest BCUT2D eigenvalue weighted by atomic mass is 9.76. The smallest absolute Gasteiger partial charge is 0.399 e. The Kier molecular flexibility index (Phi) is 3.97. The molecule has 0 saturated carbocycles. The van der Waals surface area contributed by atoms with E-state index >= 15 is 0 Å². The Labute approximate surface area is 121 Å². The van der Waals surface area contributed by atoms with Gasteiger partial charge in [-0.1, -0.05) is 0 Å². The van der Waals surface area contributed by atoms with Crippen molar-refractivity contribution in [1.29, 1.82) is 0 Å². The lowest BCUT2D eigenvalue weighted by Gasteiger charge is -2.32. The Bertz CT molecular complexity index is 484. The molecule has 1 aromatic rings. The van der Waals surface area contributed by atoms with Gasteiger partial charge in [-0.3, -0.25) is 4.98 Å². The SMILES string of the molecule is Cc1cnc(CC(C)O)cc1B1OC(C)(C)C(C)(C)O1. The van der Waals surface area contributed by atoms with Crippen LogP contribution in [0.2, 0.25) is 0 Å². The largest absolute Gasteiger partial charge is 0.495 e. The van der Waals surface area contributed by atoms with Crippen LogP contribution in [-0.2, 0) is 15.7 Å². The summed E-state index contributed by atoms with van der Waals surface area (Å²) in [6, 6.07) is 1.98. The molecule has 1 aliphatic heterocycles. The Morgan fingerprint density at radius 3 is 2.30 bits per heavy atom. The third kappa shape index (κ3) is 2.90. The van der Waals surface area contributed by atoms with E-state index in [1.54, 1.807) is 6.92 Å². The summed E-state index contributed by atoms with van der Waals surface area (Å²) < 4.78 is 12.2. The van der Waals surface area contributed by atoms with Gasteiger partial charge in [-0.05, 0) is 58.6 Å². The molecule has 20 heavy (non-hydrogen) atoms. The van der Waals surface area contributed by atoms with Gasteiger partial charge in [-0.2, -0.15) is 0 Å². The first-order valence-electron chi connectivity index (χ1n) is 7.11. The second-order valence-corrected chi connectivity index (χ2v) is 6.67. The zero-order valence-electron chi connectivity index (χ0n) is 13.2. The molecule has 1 atom stereocenters. The Hall–Kier alpha value is -0.905.